The maximum Gasteiger partial charge on any atom is 0.293 e. The number of thioether (sulfide) groups is 1. The van der Waals surface area contributed by atoms with Crippen molar-refractivity contribution < 1.29 is 19.2 Å². The van der Waals surface area contributed by atoms with E-state index in [1.165, 1.54) is 11.0 Å². The van der Waals surface area contributed by atoms with Crippen molar-refractivity contribution in [2.24, 2.45) is 0 Å². The number of nitro groups is 1. The average Bonchev–Trinajstić information content (AvgIpc) is 3.27. The van der Waals surface area contributed by atoms with Crippen LogP contribution < -0.4 is 4.74 Å². The van der Waals surface area contributed by atoms with E-state index in [9.17, 15) is 19.7 Å². The summed E-state index contributed by atoms with van der Waals surface area (Å²) in [6.45, 7) is 12.2. The molecule has 198 valence electrons. The summed E-state index contributed by atoms with van der Waals surface area (Å²) in [5.41, 5.74) is 6.39. The normalized spacial score (nSPS) is 14.7. The van der Waals surface area contributed by atoms with Gasteiger partial charge in [0.25, 0.3) is 16.8 Å². The van der Waals surface area contributed by atoms with Crippen LogP contribution in [0.4, 0.5) is 10.5 Å². The van der Waals surface area contributed by atoms with E-state index in [1.807, 2.05) is 56.5 Å². The van der Waals surface area contributed by atoms with Crippen molar-refractivity contribution in [3.8, 4) is 11.4 Å². The van der Waals surface area contributed by atoms with Crippen LogP contribution in [0.15, 0.2) is 47.4 Å². The van der Waals surface area contributed by atoms with E-state index in [4.69, 9.17) is 4.74 Å². The van der Waals surface area contributed by atoms with Gasteiger partial charge in [-0.2, -0.15) is 0 Å². The number of aromatic nitrogens is 1. The number of carbonyl (C=O) groups excluding carboxylic acids is 2. The molecule has 1 saturated heterocycles. The highest BCUT2D eigenvalue weighted by Gasteiger charge is 2.35. The first-order valence-corrected chi connectivity index (χ1v) is 13.2. The minimum atomic E-state index is -0.414. The third-order valence-electron chi connectivity index (χ3n) is 6.63. The van der Waals surface area contributed by atoms with Crippen LogP contribution >= 0.6 is 11.8 Å². The SMILES string of the molecule is Cc1ccc(C(C)C)c(OCCN2C(=O)S/C(=C\c3cc(C)n(-c4ccc([N+](=O)[O-])cc4C)c3C)C2=O)c1. The van der Waals surface area contributed by atoms with Crippen LogP contribution in [0.5, 0.6) is 5.75 Å². The Balaban J connectivity index is 1.52. The minimum Gasteiger partial charge on any atom is -0.491 e. The second-order valence-corrected chi connectivity index (χ2v) is 10.8. The lowest BCUT2D eigenvalue weighted by Crippen LogP contribution is -2.32. The molecule has 1 aromatic heterocycles. The Morgan fingerprint density at radius 1 is 1.05 bits per heavy atom. The van der Waals surface area contributed by atoms with Crippen molar-refractivity contribution in [2.45, 2.75) is 47.5 Å². The van der Waals surface area contributed by atoms with E-state index in [0.29, 0.717) is 10.8 Å². The topological polar surface area (TPSA) is 94.7 Å². The number of hydrogen-bond donors (Lipinski definition) is 0. The van der Waals surface area contributed by atoms with Gasteiger partial charge in [0.15, 0.2) is 0 Å². The van der Waals surface area contributed by atoms with Gasteiger partial charge in [-0.1, -0.05) is 26.0 Å². The largest absolute Gasteiger partial charge is 0.491 e. The van der Waals surface area contributed by atoms with Gasteiger partial charge < -0.3 is 9.30 Å². The molecule has 38 heavy (non-hydrogen) atoms. The molecule has 0 atom stereocenters. The predicted molar refractivity (Wildman–Crippen MR) is 150 cm³/mol. The lowest BCUT2D eigenvalue weighted by molar-refractivity contribution is -0.384. The number of hydrogen-bond acceptors (Lipinski definition) is 6. The Bertz CT molecular complexity index is 1470. The van der Waals surface area contributed by atoms with E-state index >= 15 is 0 Å². The summed E-state index contributed by atoms with van der Waals surface area (Å²) in [5, 5.41) is 10.8. The molecular formula is C29H31N3O5S. The molecule has 0 spiro atoms. The van der Waals surface area contributed by atoms with E-state index in [0.717, 1.165) is 56.8 Å². The summed E-state index contributed by atoms with van der Waals surface area (Å²) in [6.07, 6.45) is 1.74. The van der Waals surface area contributed by atoms with Crippen LogP contribution in [0, 0.1) is 37.8 Å². The molecule has 2 heterocycles. The number of imide groups is 1. The predicted octanol–water partition coefficient (Wildman–Crippen LogP) is 6.86. The lowest BCUT2D eigenvalue weighted by Gasteiger charge is -2.17. The van der Waals surface area contributed by atoms with Gasteiger partial charge in [-0.05, 0) is 91.9 Å². The molecule has 9 heteroatoms. The molecule has 0 N–H and O–H groups in total. The fourth-order valence-electron chi connectivity index (χ4n) is 4.63. The fourth-order valence-corrected chi connectivity index (χ4v) is 5.49. The second-order valence-electron chi connectivity index (χ2n) is 9.77. The van der Waals surface area contributed by atoms with E-state index < -0.39 is 4.92 Å². The molecule has 1 aliphatic rings. The summed E-state index contributed by atoms with van der Waals surface area (Å²) in [5.74, 6) is 0.726. The van der Waals surface area contributed by atoms with E-state index in [-0.39, 0.29) is 30.0 Å². The third-order valence-corrected chi connectivity index (χ3v) is 7.53. The lowest BCUT2D eigenvalue weighted by atomic mass is 10.0. The summed E-state index contributed by atoms with van der Waals surface area (Å²) in [6, 6.07) is 12.8. The third kappa shape index (κ3) is 5.38. The Kier molecular flexibility index (Phi) is 7.78. The summed E-state index contributed by atoms with van der Waals surface area (Å²) >= 11 is 0.920. The fraction of sp³-hybridized carbons (Fsp3) is 0.310. The molecule has 0 bridgehead atoms. The Morgan fingerprint density at radius 2 is 1.79 bits per heavy atom. The number of amides is 2. The Hall–Kier alpha value is -3.85. The number of benzene rings is 2. The van der Waals surface area contributed by atoms with Crippen molar-refractivity contribution in [1.82, 2.24) is 9.47 Å². The Labute approximate surface area is 226 Å². The monoisotopic (exact) mass is 533 g/mol. The second kappa shape index (κ2) is 10.9. The van der Waals surface area contributed by atoms with Crippen LogP contribution in [-0.4, -0.2) is 38.7 Å². The molecule has 4 rings (SSSR count). The van der Waals surface area contributed by atoms with E-state index in [1.54, 1.807) is 18.2 Å². The van der Waals surface area contributed by atoms with Gasteiger partial charge >= 0.3 is 0 Å². The van der Waals surface area contributed by atoms with Crippen molar-refractivity contribution in [3.05, 3.63) is 91.1 Å². The molecule has 0 unspecified atom stereocenters. The highest BCUT2D eigenvalue weighted by molar-refractivity contribution is 8.18. The number of ether oxygens (including phenoxy) is 1. The molecule has 2 aromatic carbocycles. The molecule has 1 fully saturated rings. The first kappa shape index (κ1) is 27.2. The maximum atomic E-state index is 13.1. The van der Waals surface area contributed by atoms with Crippen molar-refractivity contribution in [1.29, 1.82) is 0 Å². The standard InChI is InChI=1S/C29H31N3O5S/c1-17(2)24-9-7-18(3)13-26(24)37-12-11-30-28(33)27(38-29(30)34)16-22-15-20(5)31(21(22)6)25-10-8-23(32(35)36)14-19(25)4/h7-10,13-17H,11-12H2,1-6H3/b27-16-. The average molecular weight is 534 g/mol. The summed E-state index contributed by atoms with van der Waals surface area (Å²) in [4.78, 5) is 38.1. The highest BCUT2D eigenvalue weighted by Crippen LogP contribution is 2.34. The summed E-state index contributed by atoms with van der Waals surface area (Å²) < 4.78 is 7.99. The number of carbonyl (C=O) groups is 2. The number of non-ortho nitro benzene ring substituents is 1. The molecule has 1 aliphatic heterocycles. The zero-order chi connectivity index (χ0) is 27.7. The summed E-state index contributed by atoms with van der Waals surface area (Å²) in [7, 11) is 0. The number of nitrogens with zero attached hydrogens (tertiary/aromatic N) is 3. The Morgan fingerprint density at radius 3 is 2.45 bits per heavy atom. The van der Waals surface area contributed by atoms with Gasteiger partial charge in [-0.25, -0.2) is 0 Å². The number of nitro benzene ring substituents is 1. The number of aryl methyl sites for hydroxylation is 3. The first-order chi connectivity index (χ1) is 18.0. The van der Waals surface area contributed by atoms with Crippen molar-refractivity contribution >= 4 is 34.7 Å². The van der Waals surface area contributed by atoms with Gasteiger partial charge in [0.2, 0.25) is 0 Å². The highest BCUT2D eigenvalue weighted by atomic mass is 32.2. The molecule has 8 nitrogen and oxygen atoms in total. The van der Waals surface area contributed by atoms with E-state index in [2.05, 4.69) is 13.8 Å². The molecule has 2 amide bonds. The first-order valence-electron chi connectivity index (χ1n) is 12.4. The van der Waals surface area contributed by atoms with Gasteiger partial charge in [0.1, 0.15) is 12.4 Å². The van der Waals surface area contributed by atoms with Crippen LogP contribution in [-0.2, 0) is 4.79 Å². The molecule has 0 saturated carbocycles. The van der Waals surface area contributed by atoms with Crippen LogP contribution in [0.25, 0.3) is 11.8 Å². The van der Waals surface area contributed by atoms with Gasteiger partial charge in [0.05, 0.1) is 16.4 Å². The molecule has 0 aliphatic carbocycles. The van der Waals surface area contributed by atoms with Gasteiger partial charge in [-0.3, -0.25) is 24.6 Å². The van der Waals surface area contributed by atoms with Gasteiger partial charge in [-0.15, -0.1) is 0 Å². The molecule has 0 radical (unpaired) electrons. The molecule has 3 aromatic rings. The smallest absolute Gasteiger partial charge is 0.293 e. The van der Waals surface area contributed by atoms with Crippen molar-refractivity contribution in [2.75, 3.05) is 13.2 Å². The van der Waals surface area contributed by atoms with Crippen LogP contribution in [0.1, 0.15) is 53.4 Å². The van der Waals surface area contributed by atoms with Crippen molar-refractivity contribution in [3.63, 3.8) is 0 Å². The quantitative estimate of drug-likeness (QED) is 0.178. The zero-order valence-corrected chi connectivity index (χ0v) is 23.2. The van der Waals surface area contributed by atoms with Crippen LogP contribution in [0.3, 0.4) is 0 Å². The zero-order valence-electron chi connectivity index (χ0n) is 22.4. The number of rotatable bonds is 8. The van der Waals surface area contributed by atoms with Gasteiger partial charge in [0, 0.05) is 29.2 Å². The minimum absolute atomic E-state index is 0.0365. The van der Waals surface area contributed by atoms with Crippen LogP contribution in [0.2, 0.25) is 0 Å². The molecular weight excluding hydrogens is 502 g/mol. The maximum absolute atomic E-state index is 13.1.